The molecule has 0 spiro atoms. The second-order valence-electron chi connectivity index (χ2n) is 7.08. The Hall–Kier alpha value is -3.46. The largest absolute Gasteiger partial charge is 0.321 e. The summed E-state index contributed by atoms with van der Waals surface area (Å²) in [5, 5.41) is 18.6. The molecule has 8 nitrogen and oxygen atoms in total. The topological polar surface area (TPSA) is 88.3 Å². The number of aryl methyl sites for hydroxylation is 2. The van der Waals surface area contributed by atoms with Gasteiger partial charge in [-0.15, -0.1) is 10.2 Å². The van der Waals surface area contributed by atoms with Gasteiger partial charge >= 0.3 is 0 Å². The molecule has 2 aliphatic heterocycles. The number of amides is 1. The number of amidine groups is 1. The number of nitrogens with zero attached hydrogens (tertiary/aromatic N) is 6. The predicted molar refractivity (Wildman–Crippen MR) is 118 cm³/mol. The lowest BCUT2D eigenvalue weighted by Crippen LogP contribution is -2.19. The number of aliphatic imine (C=N–C) groups is 1. The van der Waals surface area contributed by atoms with Crippen molar-refractivity contribution in [3.8, 4) is 5.82 Å². The van der Waals surface area contributed by atoms with E-state index in [2.05, 4.69) is 35.9 Å². The molecule has 1 N–H and O–H groups in total. The van der Waals surface area contributed by atoms with Crippen LogP contribution in [0.2, 0.25) is 0 Å². The number of hydrogen-bond acceptors (Lipinski definition) is 7. The molecule has 5 rings (SSSR count). The fourth-order valence-electron chi connectivity index (χ4n) is 3.49. The van der Waals surface area contributed by atoms with Crippen molar-refractivity contribution in [1.29, 1.82) is 0 Å². The number of carbonyl (C=O) groups is 1. The van der Waals surface area contributed by atoms with Crippen molar-refractivity contribution >= 4 is 34.2 Å². The van der Waals surface area contributed by atoms with Crippen molar-refractivity contribution in [2.45, 2.75) is 13.8 Å². The van der Waals surface area contributed by atoms with E-state index in [1.165, 1.54) is 0 Å². The molecule has 0 radical (unpaired) electrons. The van der Waals surface area contributed by atoms with Gasteiger partial charge in [-0.1, -0.05) is 23.9 Å². The third-order valence-corrected chi connectivity index (χ3v) is 5.82. The van der Waals surface area contributed by atoms with Gasteiger partial charge in [0.2, 0.25) is 0 Å². The van der Waals surface area contributed by atoms with E-state index >= 15 is 0 Å². The van der Waals surface area contributed by atoms with Crippen molar-refractivity contribution in [3.63, 3.8) is 0 Å². The van der Waals surface area contributed by atoms with Crippen LogP contribution in [0.15, 0.2) is 52.9 Å². The average Bonchev–Trinajstić information content (AvgIpc) is 3.45. The van der Waals surface area contributed by atoms with Crippen LogP contribution in [-0.4, -0.2) is 49.0 Å². The van der Waals surface area contributed by atoms with Crippen LogP contribution < -0.4 is 5.32 Å². The summed E-state index contributed by atoms with van der Waals surface area (Å²) in [4.78, 5) is 19.2. The fraction of sp³-hybridized carbons (Fsp3) is 0.190. The molecule has 0 fully saturated rings. The minimum atomic E-state index is -0.306. The Bertz CT molecular complexity index is 1180. The molecule has 0 aliphatic carbocycles. The quantitative estimate of drug-likeness (QED) is 0.701. The van der Waals surface area contributed by atoms with Crippen molar-refractivity contribution in [2.75, 3.05) is 18.4 Å². The van der Waals surface area contributed by atoms with E-state index in [0.29, 0.717) is 11.5 Å². The maximum absolute atomic E-state index is 12.5. The van der Waals surface area contributed by atoms with Crippen molar-refractivity contribution in [3.05, 3.63) is 70.5 Å². The van der Waals surface area contributed by atoms with Gasteiger partial charge in [-0.3, -0.25) is 9.79 Å². The summed E-state index contributed by atoms with van der Waals surface area (Å²) in [7, 11) is 0. The van der Waals surface area contributed by atoms with Gasteiger partial charge in [0.1, 0.15) is 0 Å². The number of carbonyl (C=O) groups excluding carboxylic acids is 1. The van der Waals surface area contributed by atoms with Gasteiger partial charge in [-0.25, -0.2) is 4.68 Å². The van der Waals surface area contributed by atoms with Crippen LogP contribution in [0.3, 0.4) is 0 Å². The Morgan fingerprint density at radius 3 is 2.63 bits per heavy atom. The molecule has 150 valence electrons. The van der Waals surface area contributed by atoms with Gasteiger partial charge in [0, 0.05) is 23.3 Å². The molecule has 9 heteroatoms. The van der Waals surface area contributed by atoms with Gasteiger partial charge in [0.15, 0.2) is 16.7 Å². The Kier molecular flexibility index (Phi) is 4.59. The summed E-state index contributed by atoms with van der Waals surface area (Å²) >= 11 is 1.65. The molecule has 1 aromatic carbocycles. The van der Waals surface area contributed by atoms with E-state index in [0.717, 1.165) is 40.9 Å². The van der Waals surface area contributed by atoms with Crippen molar-refractivity contribution in [2.24, 2.45) is 4.99 Å². The minimum Gasteiger partial charge on any atom is -0.321 e. The van der Waals surface area contributed by atoms with E-state index in [4.69, 9.17) is 0 Å². The van der Waals surface area contributed by atoms with Crippen LogP contribution in [0.25, 0.3) is 11.5 Å². The molecule has 2 aliphatic rings. The van der Waals surface area contributed by atoms with Gasteiger partial charge in [0.05, 0.1) is 17.9 Å². The van der Waals surface area contributed by atoms with Gasteiger partial charge in [-0.05, 0) is 49.7 Å². The summed E-state index contributed by atoms with van der Waals surface area (Å²) in [6.45, 7) is 5.62. The average molecular weight is 417 g/mol. The monoisotopic (exact) mass is 417 g/mol. The predicted octanol–water partition coefficient (Wildman–Crippen LogP) is 3.25. The lowest BCUT2D eigenvalue weighted by Gasteiger charge is -2.16. The van der Waals surface area contributed by atoms with Crippen LogP contribution in [0.1, 0.15) is 27.4 Å². The fourth-order valence-corrected chi connectivity index (χ4v) is 4.45. The zero-order valence-corrected chi connectivity index (χ0v) is 17.3. The maximum Gasteiger partial charge on any atom is 0.276 e. The minimum absolute atomic E-state index is 0.247. The van der Waals surface area contributed by atoms with Gasteiger partial charge in [0.25, 0.3) is 5.91 Å². The van der Waals surface area contributed by atoms with Crippen molar-refractivity contribution in [1.82, 2.24) is 24.9 Å². The number of hydrogen-bond donors (Lipinski definition) is 1. The lowest BCUT2D eigenvalue weighted by atomic mass is 10.1. The maximum atomic E-state index is 12.5. The Morgan fingerprint density at radius 2 is 1.93 bits per heavy atom. The number of rotatable bonds is 4. The normalized spacial score (nSPS) is 15.1. The highest BCUT2D eigenvalue weighted by atomic mass is 32.2. The molecule has 3 aromatic rings. The molecule has 0 bridgehead atoms. The molecule has 0 saturated heterocycles. The highest BCUT2D eigenvalue weighted by molar-refractivity contribution is 8.16. The second-order valence-corrected chi connectivity index (χ2v) is 7.92. The third-order valence-electron chi connectivity index (χ3n) is 4.92. The first-order valence-electron chi connectivity index (χ1n) is 9.56. The standard InChI is InChI=1S/C21H19N7OS/c1-13-11-14(2)28(26-13)19-8-7-17(24-25-19)20(29)23-16-5-3-15(4-6-16)18-12-30-21-22-9-10-27(18)21/h3-8,11-12H,9-10H2,1-2H3,(H,23,29). The molecule has 1 amide bonds. The number of thioether (sulfide) groups is 1. The number of benzene rings is 1. The summed E-state index contributed by atoms with van der Waals surface area (Å²) in [5.74, 6) is 0.272. The Labute approximate surface area is 177 Å². The van der Waals surface area contributed by atoms with E-state index in [9.17, 15) is 4.79 Å². The van der Waals surface area contributed by atoms with Crippen LogP contribution in [0, 0.1) is 13.8 Å². The van der Waals surface area contributed by atoms with E-state index < -0.39 is 0 Å². The summed E-state index contributed by atoms with van der Waals surface area (Å²) in [5.41, 5.74) is 5.07. The molecular weight excluding hydrogens is 398 g/mol. The molecule has 0 atom stereocenters. The SMILES string of the molecule is Cc1cc(C)n(-c2ccc(C(=O)Nc3ccc(C4=CSC5=NCCN45)cc3)nn2)n1. The number of anilines is 1. The summed E-state index contributed by atoms with van der Waals surface area (Å²) in [6.07, 6.45) is 0. The second kappa shape index (κ2) is 7.42. The zero-order valence-electron chi connectivity index (χ0n) is 16.5. The van der Waals surface area contributed by atoms with Crippen LogP contribution in [0.5, 0.6) is 0 Å². The molecule has 4 heterocycles. The van der Waals surface area contributed by atoms with Gasteiger partial charge in [-0.2, -0.15) is 5.10 Å². The number of aromatic nitrogens is 4. The highest BCUT2D eigenvalue weighted by Gasteiger charge is 2.26. The number of nitrogens with one attached hydrogen (secondary N) is 1. The first-order chi connectivity index (χ1) is 14.6. The molecule has 30 heavy (non-hydrogen) atoms. The Morgan fingerprint density at radius 1 is 1.10 bits per heavy atom. The Balaban J connectivity index is 1.27. The molecule has 2 aromatic heterocycles. The smallest absolute Gasteiger partial charge is 0.276 e. The number of fused-ring (bicyclic) bond motifs is 1. The third kappa shape index (κ3) is 3.37. The highest BCUT2D eigenvalue weighted by Crippen LogP contribution is 2.35. The first-order valence-corrected chi connectivity index (χ1v) is 10.4. The van der Waals surface area contributed by atoms with Gasteiger partial charge < -0.3 is 10.2 Å². The van der Waals surface area contributed by atoms with E-state index in [-0.39, 0.29) is 11.6 Å². The zero-order chi connectivity index (χ0) is 20.7. The van der Waals surface area contributed by atoms with Crippen molar-refractivity contribution < 1.29 is 4.79 Å². The summed E-state index contributed by atoms with van der Waals surface area (Å²) < 4.78 is 1.70. The van der Waals surface area contributed by atoms with Crippen LogP contribution >= 0.6 is 11.8 Å². The molecular formula is C21H19N7OS. The summed E-state index contributed by atoms with van der Waals surface area (Å²) in [6, 6.07) is 13.1. The van der Waals surface area contributed by atoms with E-state index in [1.54, 1.807) is 28.6 Å². The van der Waals surface area contributed by atoms with Crippen LogP contribution in [-0.2, 0) is 0 Å². The molecule has 0 unspecified atom stereocenters. The first kappa shape index (κ1) is 18.6. The van der Waals surface area contributed by atoms with E-state index in [1.807, 2.05) is 44.2 Å². The van der Waals surface area contributed by atoms with Crippen LogP contribution in [0.4, 0.5) is 5.69 Å². The molecule has 0 saturated carbocycles. The lowest BCUT2D eigenvalue weighted by molar-refractivity contribution is 0.102.